The van der Waals surface area contributed by atoms with Crippen LogP contribution in [0.2, 0.25) is 5.02 Å². The molecule has 0 saturated carbocycles. The van der Waals surface area contributed by atoms with Gasteiger partial charge in [-0.1, -0.05) is 34.5 Å². The maximum Gasteiger partial charge on any atom is 0.141 e. The zero-order chi connectivity index (χ0) is 16.1. The number of anilines is 1. The highest BCUT2D eigenvalue weighted by Crippen LogP contribution is 2.33. The van der Waals surface area contributed by atoms with Crippen molar-refractivity contribution >= 4 is 49.1 Å². The number of ether oxygens (including phenoxy) is 1. The van der Waals surface area contributed by atoms with Gasteiger partial charge in [-0.05, 0) is 52.7 Å². The molecule has 1 N–H and O–H groups in total. The molecule has 2 nitrogen and oxygen atoms in total. The van der Waals surface area contributed by atoms with E-state index in [1.807, 2.05) is 12.1 Å². The standard InChI is InChI=1S/C16H15Br2ClFNO/c1-2-5-22-16-10(6-11(17)7-13(16)18)9-21-12-3-4-15(20)14(19)8-12/h3-4,6-8,21H,2,5,9H2,1H3. The molecule has 0 atom stereocenters. The molecule has 0 aliphatic heterocycles. The van der Waals surface area contributed by atoms with E-state index in [0.717, 1.165) is 32.4 Å². The van der Waals surface area contributed by atoms with Crippen LogP contribution in [0.25, 0.3) is 0 Å². The van der Waals surface area contributed by atoms with Crippen molar-refractivity contribution in [3.63, 3.8) is 0 Å². The lowest BCUT2D eigenvalue weighted by Gasteiger charge is -2.15. The zero-order valence-corrected chi connectivity index (χ0v) is 15.9. The minimum absolute atomic E-state index is 0.0999. The Morgan fingerprint density at radius 1 is 1.23 bits per heavy atom. The first kappa shape index (κ1) is 17.6. The largest absolute Gasteiger partial charge is 0.492 e. The van der Waals surface area contributed by atoms with Gasteiger partial charge in [0.1, 0.15) is 11.6 Å². The molecule has 2 aromatic rings. The van der Waals surface area contributed by atoms with Crippen LogP contribution in [0.3, 0.4) is 0 Å². The SMILES string of the molecule is CCCOc1c(Br)cc(Br)cc1CNc1ccc(F)c(Cl)c1. The van der Waals surface area contributed by atoms with E-state index in [1.54, 1.807) is 12.1 Å². The predicted molar refractivity (Wildman–Crippen MR) is 96.4 cm³/mol. The molecule has 0 aromatic heterocycles. The predicted octanol–water partition coefficient (Wildman–Crippen LogP) is 6.41. The third kappa shape index (κ3) is 4.61. The summed E-state index contributed by atoms with van der Waals surface area (Å²) in [5.74, 6) is 0.384. The first-order chi connectivity index (χ1) is 10.5. The number of benzene rings is 2. The van der Waals surface area contributed by atoms with Crippen LogP contribution in [0.15, 0.2) is 39.3 Å². The lowest BCUT2D eigenvalue weighted by Crippen LogP contribution is -2.05. The van der Waals surface area contributed by atoms with Gasteiger partial charge in [-0.3, -0.25) is 0 Å². The number of nitrogens with one attached hydrogen (secondary N) is 1. The second-order valence-corrected chi connectivity index (χ2v) is 6.88. The van der Waals surface area contributed by atoms with E-state index < -0.39 is 5.82 Å². The van der Waals surface area contributed by atoms with Crippen molar-refractivity contribution in [2.24, 2.45) is 0 Å². The fraction of sp³-hybridized carbons (Fsp3) is 0.250. The van der Waals surface area contributed by atoms with Crippen LogP contribution in [0.1, 0.15) is 18.9 Å². The Kier molecular flexibility index (Phi) is 6.53. The highest BCUT2D eigenvalue weighted by atomic mass is 79.9. The summed E-state index contributed by atoms with van der Waals surface area (Å²) >= 11 is 12.8. The summed E-state index contributed by atoms with van der Waals surface area (Å²) in [5.41, 5.74) is 1.75. The second-order valence-electron chi connectivity index (χ2n) is 4.71. The number of rotatable bonds is 6. The average molecular weight is 452 g/mol. The van der Waals surface area contributed by atoms with Crippen molar-refractivity contribution in [1.29, 1.82) is 0 Å². The van der Waals surface area contributed by atoms with Crippen LogP contribution in [-0.4, -0.2) is 6.61 Å². The van der Waals surface area contributed by atoms with Crippen molar-refractivity contribution in [2.75, 3.05) is 11.9 Å². The van der Waals surface area contributed by atoms with E-state index >= 15 is 0 Å². The minimum atomic E-state index is -0.426. The van der Waals surface area contributed by atoms with Crippen LogP contribution >= 0.6 is 43.5 Å². The van der Waals surface area contributed by atoms with Gasteiger partial charge in [-0.25, -0.2) is 4.39 Å². The summed E-state index contributed by atoms with van der Waals surface area (Å²) in [7, 11) is 0. The molecule has 0 saturated heterocycles. The summed E-state index contributed by atoms with van der Waals surface area (Å²) < 4.78 is 20.8. The van der Waals surface area contributed by atoms with Gasteiger partial charge in [-0.2, -0.15) is 0 Å². The fourth-order valence-corrected chi connectivity index (χ4v) is 3.52. The van der Waals surface area contributed by atoms with Gasteiger partial charge in [0, 0.05) is 22.3 Å². The van der Waals surface area contributed by atoms with Crippen LogP contribution in [0.4, 0.5) is 10.1 Å². The van der Waals surface area contributed by atoms with Gasteiger partial charge in [0.15, 0.2) is 0 Å². The smallest absolute Gasteiger partial charge is 0.141 e. The van der Waals surface area contributed by atoms with E-state index in [4.69, 9.17) is 16.3 Å². The first-order valence-electron chi connectivity index (χ1n) is 6.81. The monoisotopic (exact) mass is 449 g/mol. The molecular formula is C16H15Br2ClFNO. The van der Waals surface area contributed by atoms with Crippen LogP contribution in [0, 0.1) is 5.82 Å². The Morgan fingerprint density at radius 2 is 2.00 bits per heavy atom. The lowest BCUT2D eigenvalue weighted by atomic mass is 10.2. The van der Waals surface area contributed by atoms with E-state index in [2.05, 4.69) is 44.1 Å². The Labute approximate surface area is 151 Å². The van der Waals surface area contributed by atoms with Crippen molar-refractivity contribution in [2.45, 2.75) is 19.9 Å². The van der Waals surface area contributed by atoms with E-state index in [0.29, 0.717) is 13.2 Å². The van der Waals surface area contributed by atoms with E-state index in [-0.39, 0.29) is 5.02 Å². The Morgan fingerprint density at radius 3 is 2.68 bits per heavy atom. The quantitative estimate of drug-likeness (QED) is 0.548. The molecule has 22 heavy (non-hydrogen) atoms. The molecule has 0 heterocycles. The summed E-state index contributed by atoms with van der Waals surface area (Å²) in [6, 6.07) is 8.50. The highest BCUT2D eigenvalue weighted by Gasteiger charge is 2.10. The number of hydrogen-bond donors (Lipinski definition) is 1. The second kappa shape index (κ2) is 8.18. The Hall–Kier alpha value is -0.780. The van der Waals surface area contributed by atoms with Crippen LogP contribution < -0.4 is 10.1 Å². The molecule has 118 valence electrons. The summed E-state index contributed by atoms with van der Waals surface area (Å²) in [4.78, 5) is 0. The molecular weight excluding hydrogens is 436 g/mol. The number of hydrogen-bond acceptors (Lipinski definition) is 2. The molecule has 0 amide bonds. The normalized spacial score (nSPS) is 10.6. The molecule has 0 aliphatic rings. The minimum Gasteiger partial charge on any atom is -0.492 e. The third-order valence-electron chi connectivity index (χ3n) is 2.94. The van der Waals surface area contributed by atoms with Gasteiger partial charge in [-0.15, -0.1) is 0 Å². The van der Waals surface area contributed by atoms with Gasteiger partial charge >= 0.3 is 0 Å². The molecule has 0 fully saturated rings. The van der Waals surface area contributed by atoms with Gasteiger partial charge in [0.25, 0.3) is 0 Å². The molecule has 2 aromatic carbocycles. The van der Waals surface area contributed by atoms with Gasteiger partial charge in [0.2, 0.25) is 0 Å². The molecule has 0 spiro atoms. The van der Waals surface area contributed by atoms with E-state index in [1.165, 1.54) is 6.07 Å². The maximum atomic E-state index is 13.2. The van der Waals surface area contributed by atoms with Gasteiger partial charge < -0.3 is 10.1 Å². The van der Waals surface area contributed by atoms with Crippen LogP contribution in [-0.2, 0) is 6.54 Å². The summed E-state index contributed by atoms with van der Waals surface area (Å²) in [6.45, 7) is 3.25. The van der Waals surface area contributed by atoms with Crippen molar-refractivity contribution < 1.29 is 9.13 Å². The third-order valence-corrected chi connectivity index (χ3v) is 4.27. The number of halogens is 4. The lowest BCUT2D eigenvalue weighted by molar-refractivity contribution is 0.312. The average Bonchev–Trinajstić information content (AvgIpc) is 2.47. The molecule has 0 unspecified atom stereocenters. The highest BCUT2D eigenvalue weighted by molar-refractivity contribution is 9.11. The molecule has 2 rings (SSSR count). The maximum absolute atomic E-state index is 13.2. The Balaban J connectivity index is 2.18. The topological polar surface area (TPSA) is 21.3 Å². The van der Waals surface area contributed by atoms with Gasteiger partial charge in [0.05, 0.1) is 16.1 Å². The van der Waals surface area contributed by atoms with E-state index in [9.17, 15) is 4.39 Å². The first-order valence-corrected chi connectivity index (χ1v) is 8.77. The molecule has 0 aliphatic carbocycles. The summed E-state index contributed by atoms with van der Waals surface area (Å²) in [5, 5.41) is 3.33. The van der Waals surface area contributed by atoms with Crippen LogP contribution in [0.5, 0.6) is 5.75 Å². The molecule has 6 heteroatoms. The summed E-state index contributed by atoms with van der Waals surface area (Å²) in [6.07, 6.45) is 0.933. The van der Waals surface area contributed by atoms with Crippen molar-refractivity contribution in [3.8, 4) is 5.75 Å². The van der Waals surface area contributed by atoms with Crippen molar-refractivity contribution in [1.82, 2.24) is 0 Å². The molecule has 0 bridgehead atoms. The zero-order valence-electron chi connectivity index (χ0n) is 11.9. The fourth-order valence-electron chi connectivity index (χ4n) is 1.91. The molecule has 0 radical (unpaired) electrons. The van der Waals surface area contributed by atoms with Crippen molar-refractivity contribution in [3.05, 3.63) is 55.7 Å². The Bertz CT molecular complexity index is 667.